The van der Waals surface area contributed by atoms with Crippen molar-refractivity contribution < 1.29 is 17.9 Å². The molecule has 0 aliphatic carbocycles. The van der Waals surface area contributed by atoms with Gasteiger partial charge in [-0.3, -0.25) is 0 Å². The third kappa shape index (κ3) is 5.55. The number of rotatable bonds is 6. The molecule has 1 amide bonds. The molecule has 2 rings (SSSR count). The number of halogens is 1. The Morgan fingerprint density at radius 1 is 1.24 bits per heavy atom. The van der Waals surface area contributed by atoms with Crippen molar-refractivity contribution in [3.05, 3.63) is 51.2 Å². The Hall–Kier alpha value is -1.90. The van der Waals surface area contributed by atoms with Gasteiger partial charge in [0.15, 0.2) is 9.84 Å². The maximum Gasteiger partial charge on any atom is 0.427 e. The fourth-order valence-electron chi connectivity index (χ4n) is 1.91. The van der Waals surface area contributed by atoms with Gasteiger partial charge in [0.1, 0.15) is 0 Å². The van der Waals surface area contributed by atoms with Gasteiger partial charge in [-0.1, -0.05) is 11.6 Å². The number of amides is 1. The minimum absolute atomic E-state index is 0.113. The lowest BCUT2D eigenvalue weighted by molar-refractivity contribution is 0.152. The number of benzene rings is 1. The number of ether oxygens (including phenoxy) is 1. The molecule has 1 aromatic heterocycles. The van der Waals surface area contributed by atoms with Gasteiger partial charge >= 0.3 is 6.09 Å². The SMILES string of the molecule is CCOC(=O)NN=C(C)c1ccc(CS(=O)(=O)c2ccc(Cl)cc2)s1. The third-order valence-electron chi connectivity index (χ3n) is 3.11. The van der Waals surface area contributed by atoms with Crippen LogP contribution >= 0.6 is 22.9 Å². The van der Waals surface area contributed by atoms with Crippen LogP contribution in [-0.2, 0) is 20.3 Å². The molecule has 0 unspecified atom stereocenters. The predicted molar refractivity (Wildman–Crippen MR) is 99.0 cm³/mol. The smallest absolute Gasteiger partial charge is 0.427 e. The molecule has 0 saturated heterocycles. The lowest BCUT2D eigenvalue weighted by Gasteiger charge is -2.03. The van der Waals surface area contributed by atoms with E-state index >= 15 is 0 Å². The lowest BCUT2D eigenvalue weighted by Crippen LogP contribution is -2.20. The van der Waals surface area contributed by atoms with Gasteiger partial charge in [-0.05, 0) is 50.2 Å². The van der Waals surface area contributed by atoms with Crippen LogP contribution in [0.15, 0.2) is 46.4 Å². The first-order chi connectivity index (χ1) is 11.8. The standard InChI is InChI=1S/C16H17ClN2O4S2/c1-3-23-16(20)19-18-11(2)15-9-6-13(24-15)10-25(21,22)14-7-4-12(17)5-8-14/h4-9H,3,10H2,1-2H3,(H,19,20). The average molecular weight is 401 g/mol. The van der Waals surface area contributed by atoms with Gasteiger partial charge < -0.3 is 4.74 Å². The van der Waals surface area contributed by atoms with Crippen molar-refractivity contribution in [2.75, 3.05) is 6.61 Å². The molecule has 9 heteroatoms. The van der Waals surface area contributed by atoms with Crippen LogP contribution in [0.3, 0.4) is 0 Å². The molecule has 0 bridgehead atoms. The van der Waals surface area contributed by atoms with Crippen LogP contribution in [0.1, 0.15) is 23.6 Å². The monoisotopic (exact) mass is 400 g/mol. The van der Waals surface area contributed by atoms with Crippen LogP contribution in [0.4, 0.5) is 4.79 Å². The molecule has 6 nitrogen and oxygen atoms in total. The first kappa shape index (κ1) is 19.4. The zero-order chi connectivity index (χ0) is 18.4. The summed E-state index contributed by atoms with van der Waals surface area (Å²) >= 11 is 7.09. The van der Waals surface area contributed by atoms with Crippen molar-refractivity contribution in [2.24, 2.45) is 5.10 Å². The van der Waals surface area contributed by atoms with Gasteiger partial charge in [0.2, 0.25) is 0 Å². The van der Waals surface area contributed by atoms with Crippen molar-refractivity contribution in [3.63, 3.8) is 0 Å². The van der Waals surface area contributed by atoms with E-state index in [1.54, 1.807) is 38.1 Å². The maximum atomic E-state index is 12.4. The Balaban J connectivity index is 2.09. The summed E-state index contributed by atoms with van der Waals surface area (Å²) in [5.74, 6) is -0.113. The molecule has 0 aliphatic heterocycles. The summed E-state index contributed by atoms with van der Waals surface area (Å²) in [4.78, 5) is 12.9. The molecule has 0 fully saturated rings. The molecular weight excluding hydrogens is 384 g/mol. The highest BCUT2D eigenvalue weighted by molar-refractivity contribution is 7.90. The Morgan fingerprint density at radius 3 is 2.56 bits per heavy atom. The highest BCUT2D eigenvalue weighted by atomic mass is 35.5. The van der Waals surface area contributed by atoms with E-state index in [1.807, 2.05) is 0 Å². The van der Waals surface area contributed by atoms with Gasteiger partial charge in [-0.2, -0.15) is 5.10 Å². The minimum Gasteiger partial charge on any atom is -0.449 e. The number of hydrogen-bond acceptors (Lipinski definition) is 6. The van der Waals surface area contributed by atoms with Gasteiger partial charge in [-0.25, -0.2) is 18.6 Å². The Morgan fingerprint density at radius 2 is 1.92 bits per heavy atom. The van der Waals surface area contributed by atoms with Gasteiger partial charge in [0.05, 0.1) is 27.8 Å². The number of hydrazone groups is 1. The molecule has 2 aromatic rings. The number of carbonyl (C=O) groups is 1. The van der Waals surface area contributed by atoms with Crippen LogP contribution in [0.2, 0.25) is 5.02 Å². The number of hydrogen-bond donors (Lipinski definition) is 1. The molecule has 0 saturated carbocycles. The Bertz CT molecular complexity index is 874. The van der Waals surface area contributed by atoms with Gasteiger partial charge in [-0.15, -0.1) is 11.3 Å². The molecule has 0 radical (unpaired) electrons. The topological polar surface area (TPSA) is 84.8 Å². The van der Waals surface area contributed by atoms with Gasteiger partial charge in [0.25, 0.3) is 0 Å². The first-order valence-electron chi connectivity index (χ1n) is 7.36. The van der Waals surface area contributed by atoms with Crippen molar-refractivity contribution in [2.45, 2.75) is 24.5 Å². The molecule has 0 atom stereocenters. The molecular formula is C16H17ClN2O4S2. The van der Waals surface area contributed by atoms with Crippen molar-refractivity contribution in [3.8, 4) is 0 Å². The van der Waals surface area contributed by atoms with E-state index in [4.69, 9.17) is 16.3 Å². The number of carbonyl (C=O) groups excluding carboxylic acids is 1. The number of sulfone groups is 1. The van der Waals surface area contributed by atoms with Crippen molar-refractivity contribution in [1.82, 2.24) is 5.43 Å². The highest BCUT2D eigenvalue weighted by Gasteiger charge is 2.17. The molecule has 1 N–H and O–H groups in total. The molecule has 134 valence electrons. The first-order valence-corrected chi connectivity index (χ1v) is 10.2. The normalized spacial score (nSPS) is 12.0. The number of nitrogens with zero attached hydrogens (tertiary/aromatic N) is 1. The molecule has 1 aromatic carbocycles. The van der Waals surface area contributed by atoms with Crippen LogP contribution in [-0.4, -0.2) is 26.8 Å². The fourth-order valence-corrected chi connectivity index (χ4v) is 4.67. The van der Waals surface area contributed by atoms with Crippen molar-refractivity contribution >= 4 is 44.6 Å². The summed E-state index contributed by atoms with van der Waals surface area (Å²) in [6, 6.07) is 9.57. The summed E-state index contributed by atoms with van der Waals surface area (Å²) < 4.78 is 29.6. The van der Waals surface area contributed by atoms with Crippen LogP contribution in [0, 0.1) is 0 Å². The summed E-state index contributed by atoms with van der Waals surface area (Å²) in [5, 5.41) is 4.41. The summed E-state index contributed by atoms with van der Waals surface area (Å²) in [6.45, 7) is 3.67. The van der Waals surface area contributed by atoms with E-state index < -0.39 is 15.9 Å². The largest absolute Gasteiger partial charge is 0.449 e. The quantitative estimate of drug-likeness (QED) is 0.589. The lowest BCUT2D eigenvalue weighted by atomic mass is 10.3. The second kappa shape index (κ2) is 8.46. The molecule has 0 spiro atoms. The number of nitrogens with one attached hydrogen (secondary N) is 1. The van der Waals surface area contributed by atoms with Crippen LogP contribution in [0.25, 0.3) is 0 Å². The van der Waals surface area contributed by atoms with Crippen LogP contribution in [0.5, 0.6) is 0 Å². The molecule has 1 heterocycles. The zero-order valence-corrected chi connectivity index (χ0v) is 16.0. The highest BCUT2D eigenvalue weighted by Crippen LogP contribution is 2.24. The third-order valence-corrected chi connectivity index (χ3v) is 6.42. The van der Waals surface area contributed by atoms with E-state index in [1.165, 1.54) is 23.5 Å². The Labute approximate surface area is 155 Å². The van der Waals surface area contributed by atoms with Crippen LogP contribution < -0.4 is 5.43 Å². The van der Waals surface area contributed by atoms with E-state index in [2.05, 4.69) is 10.5 Å². The zero-order valence-electron chi connectivity index (χ0n) is 13.7. The second-order valence-corrected chi connectivity index (χ2v) is 8.60. The molecule has 0 aliphatic rings. The minimum atomic E-state index is -3.45. The second-order valence-electron chi connectivity index (χ2n) is 5.01. The maximum absolute atomic E-state index is 12.4. The summed E-state index contributed by atoms with van der Waals surface area (Å²) in [7, 11) is -3.45. The number of thiophene rings is 1. The summed E-state index contributed by atoms with van der Waals surface area (Å²) in [6.07, 6.45) is -0.635. The van der Waals surface area contributed by atoms with Gasteiger partial charge in [0, 0.05) is 9.90 Å². The van der Waals surface area contributed by atoms with E-state index in [0.29, 0.717) is 15.6 Å². The Kier molecular flexibility index (Phi) is 6.57. The van der Waals surface area contributed by atoms with E-state index in [9.17, 15) is 13.2 Å². The average Bonchev–Trinajstić information content (AvgIpc) is 3.01. The van der Waals surface area contributed by atoms with E-state index in [-0.39, 0.29) is 17.3 Å². The fraction of sp³-hybridized carbons (Fsp3) is 0.250. The van der Waals surface area contributed by atoms with E-state index in [0.717, 1.165) is 4.88 Å². The van der Waals surface area contributed by atoms with Crippen molar-refractivity contribution in [1.29, 1.82) is 0 Å². The summed E-state index contributed by atoms with van der Waals surface area (Å²) in [5.41, 5.74) is 2.84. The predicted octanol–water partition coefficient (Wildman–Crippen LogP) is 3.85. The molecule has 25 heavy (non-hydrogen) atoms.